The van der Waals surface area contributed by atoms with Gasteiger partial charge in [0.05, 0.1) is 11.4 Å². The van der Waals surface area contributed by atoms with Crippen LogP contribution in [0.5, 0.6) is 0 Å². The fourth-order valence-electron chi connectivity index (χ4n) is 1.30. The summed E-state index contributed by atoms with van der Waals surface area (Å²) >= 11 is 6.98. The van der Waals surface area contributed by atoms with Gasteiger partial charge in [0.15, 0.2) is 0 Å². The third kappa shape index (κ3) is 3.23. The Morgan fingerprint density at radius 1 is 0.824 bits per heavy atom. The lowest BCUT2D eigenvalue weighted by molar-refractivity contribution is 1.22. The first kappa shape index (κ1) is 12.5. The van der Waals surface area contributed by atoms with E-state index in [-0.39, 0.29) is 0 Å². The van der Waals surface area contributed by atoms with Crippen molar-refractivity contribution in [1.82, 2.24) is 0 Å². The summed E-state index contributed by atoms with van der Waals surface area (Å²) in [4.78, 5) is 0. The van der Waals surface area contributed by atoms with E-state index in [4.69, 9.17) is 0 Å². The zero-order valence-corrected chi connectivity index (χ0v) is 12.4. The highest BCUT2D eigenvalue weighted by atomic mass is 79.9. The van der Waals surface area contributed by atoms with E-state index in [1.165, 1.54) is 0 Å². The molecular weight excluding hydrogens is 344 g/mol. The lowest BCUT2D eigenvalue weighted by atomic mass is 10.2. The minimum Gasteiger partial charge on any atom is -0.151 e. The summed E-state index contributed by atoms with van der Waals surface area (Å²) in [5.74, 6) is 0. The Hall–Kier alpha value is -1.00. The van der Waals surface area contributed by atoms with Crippen molar-refractivity contribution >= 4 is 43.2 Å². The van der Waals surface area contributed by atoms with E-state index in [0.29, 0.717) is 0 Å². The molecule has 0 fully saturated rings. The summed E-state index contributed by atoms with van der Waals surface area (Å²) in [6.07, 6.45) is 0. The first-order chi connectivity index (χ1) is 8.16. The van der Waals surface area contributed by atoms with E-state index in [0.717, 1.165) is 25.9 Å². The van der Waals surface area contributed by atoms with Crippen LogP contribution >= 0.6 is 31.9 Å². The molecule has 0 aliphatic carbocycles. The lowest BCUT2D eigenvalue weighted by Crippen LogP contribution is -1.77. The van der Waals surface area contributed by atoms with Crippen LogP contribution in [0.15, 0.2) is 61.6 Å². The van der Waals surface area contributed by atoms with Crippen molar-refractivity contribution < 1.29 is 0 Å². The molecule has 4 heteroatoms. The number of azo groups is 1. The Bertz CT molecular complexity index is 528. The molecule has 17 heavy (non-hydrogen) atoms. The Morgan fingerprint density at radius 2 is 1.35 bits per heavy atom. The average Bonchev–Trinajstić information content (AvgIpc) is 2.34. The molecule has 2 nitrogen and oxygen atoms in total. The van der Waals surface area contributed by atoms with Crippen LogP contribution in [0.4, 0.5) is 11.4 Å². The molecule has 2 rings (SSSR count). The van der Waals surface area contributed by atoms with Gasteiger partial charge in [-0.3, -0.25) is 0 Å². The topological polar surface area (TPSA) is 24.7 Å². The number of hydrogen-bond acceptors (Lipinski definition) is 2. The van der Waals surface area contributed by atoms with Crippen molar-refractivity contribution in [3.8, 4) is 0 Å². The largest absolute Gasteiger partial charge is 0.151 e. The van der Waals surface area contributed by atoms with Crippen LogP contribution in [0.2, 0.25) is 0 Å². The highest BCUT2D eigenvalue weighted by Gasteiger charge is 2.02. The van der Waals surface area contributed by atoms with E-state index in [1.54, 1.807) is 0 Å². The van der Waals surface area contributed by atoms with Gasteiger partial charge < -0.3 is 0 Å². The Labute approximate surface area is 117 Å². The molecule has 2 aromatic carbocycles. The van der Waals surface area contributed by atoms with Gasteiger partial charge in [-0.25, -0.2) is 0 Å². The second-order valence-corrected chi connectivity index (χ2v) is 5.28. The second-order valence-electron chi connectivity index (χ2n) is 3.57. The van der Waals surface area contributed by atoms with Crippen molar-refractivity contribution in [2.75, 3.05) is 0 Å². The van der Waals surface area contributed by atoms with Gasteiger partial charge in [0.1, 0.15) is 0 Å². The van der Waals surface area contributed by atoms with Crippen LogP contribution < -0.4 is 0 Å². The SMILES string of the molecule is Cc1c(Br)cc(N=Nc2ccccc2)cc1Br. The summed E-state index contributed by atoms with van der Waals surface area (Å²) in [6.45, 7) is 2.03. The molecule has 0 aliphatic heterocycles. The molecule has 0 radical (unpaired) electrons. The van der Waals surface area contributed by atoms with Crippen LogP contribution in [-0.4, -0.2) is 0 Å². The third-order valence-electron chi connectivity index (χ3n) is 2.30. The quantitative estimate of drug-likeness (QED) is 0.597. The molecule has 0 aliphatic rings. The predicted octanol–water partition coefficient (Wildman–Crippen LogP) is 5.94. The van der Waals surface area contributed by atoms with Crippen molar-refractivity contribution in [3.05, 3.63) is 57.0 Å². The van der Waals surface area contributed by atoms with E-state index in [9.17, 15) is 0 Å². The maximum Gasteiger partial charge on any atom is 0.0879 e. The zero-order valence-electron chi connectivity index (χ0n) is 9.19. The van der Waals surface area contributed by atoms with E-state index >= 15 is 0 Å². The van der Waals surface area contributed by atoms with Crippen molar-refractivity contribution in [1.29, 1.82) is 0 Å². The molecule has 0 unspecified atom stereocenters. The van der Waals surface area contributed by atoms with Gasteiger partial charge in [-0.15, -0.1) is 0 Å². The van der Waals surface area contributed by atoms with Crippen LogP contribution in [0.3, 0.4) is 0 Å². The summed E-state index contributed by atoms with van der Waals surface area (Å²) in [7, 11) is 0. The van der Waals surface area contributed by atoms with Crippen molar-refractivity contribution in [3.63, 3.8) is 0 Å². The first-order valence-corrected chi connectivity index (χ1v) is 6.68. The Balaban J connectivity index is 2.28. The maximum absolute atomic E-state index is 4.20. The summed E-state index contributed by atoms with van der Waals surface area (Å²) in [5.41, 5.74) is 2.82. The van der Waals surface area contributed by atoms with Gasteiger partial charge in [-0.2, -0.15) is 10.2 Å². The van der Waals surface area contributed by atoms with Crippen LogP contribution in [0.1, 0.15) is 5.56 Å². The number of benzene rings is 2. The minimum atomic E-state index is 0.818. The van der Waals surface area contributed by atoms with Crippen molar-refractivity contribution in [2.45, 2.75) is 6.92 Å². The van der Waals surface area contributed by atoms with Gasteiger partial charge in [0.2, 0.25) is 0 Å². The van der Waals surface area contributed by atoms with E-state index in [2.05, 4.69) is 42.1 Å². The van der Waals surface area contributed by atoms with Crippen molar-refractivity contribution in [2.24, 2.45) is 10.2 Å². The number of rotatable bonds is 2. The van der Waals surface area contributed by atoms with Crippen LogP contribution in [0, 0.1) is 6.92 Å². The smallest absolute Gasteiger partial charge is 0.0879 e. The molecule has 0 atom stereocenters. The normalized spacial score (nSPS) is 11.0. The zero-order chi connectivity index (χ0) is 12.3. The highest BCUT2D eigenvalue weighted by Crippen LogP contribution is 2.31. The van der Waals surface area contributed by atoms with Gasteiger partial charge in [-0.1, -0.05) is 50.1 Å². The standard InChI is InChI=1S/C13H10Br2N2/c1-9-12(14)7-11(8-13(9)15)17-16-10-5-3-2-4-6-10/h2-8H,1H3. The van der Waals surface area contributed by atoms with Gasteiger partial charge in [-0.05, 0) is 36.8 Å². The number of nitrogens with zero attached hydrogens (tertiary/aromatic N) is 2. The highest BCUT2D eigenvalue weighted by molar-refractivity contribution is 9.11. The second kappa shape index (κ2) is 5.56. The number of hydrogen-bond donors (Lipinski definition) is 0. The Kier molecular flexibility index (Phi) is 4.07. The summed E-state index contributed by atoms with van der Waals surface area (Å²) in [5, 5.41) is 8.38. The Morgan fingerprint density at radius 3 is 1.94 bits per heavy atom. The fourth-order valence-corrected chi connectivity index (χ4v) is 2.46. The van der Waals surface area contributed by atoms with Crippen LogP contribution in [-0.2, 0) is 0 Å². The summed E-state index contributed by atoms with van der Waals surface area (Å²) < 4.78 is 2.04. The first-order valence-electron chi connectivity index (χ1n) is 5.09. The van der Waals surface area contributed by atoms with Gasteiger partial charge in [0, 0.05) is 8.95 Å². The molecule has 0 amide bonds. The van der Waals surface area contributed by atoms with E-state index < -0.39 is 0 Å². The maximum atomic E-state index is 4.20. The minimum absolute atomic E-state index is 0.818. The molecule has 0 N–H and O–H groups in total. The molecule has 86 valence electrons. The molecule has 0 spiro atoms. The molecule has 2 aromatic rings. The molecule has 0 saturated heterocycles. The predicted molar refractivity (Wildman–Crippen MR) is 77.2 cm³/mol. The van der Waals surface area contributed by atoms with E-state index in [1.807, 2.05) is 49.4 Å². The lowest BCUT2D eigenvalue weighted by Gasteiger charge is -2.02. The fraction of sp³-hybridized carbons (Fsp3) is 0.0769. The van der Waals surface area contributed by atoms with Gasteiger partial charge >= 0.3 is 0 Å². The van der Waals surface area contributed by atoms with Crippen LogP contribution in [0.25, 0.3) is 0 Å². The summed E-state index contributed by atoms with van der Waals surface area (Å²) in [6, 6.07) is 13.6. The molecule has 0 aromatic heterocycles. The number of halogens is 2. The third-order valence-corrected chi connectivity index (χ3v) is 3.95. The molecule has 0 bridgehead atoms. The molecule has 0 saturated carbocycles. The average molecular weight is 354 g/mol. The monoisotopic (exact) mass is 352 g/mol. The molecular formula is C13H10Br2N2. The van der Waals surface area contributed by atoms with Gasteiger partial charge in [0.25, 0.3) is 0 Å². The molecule has 0 heterocycles.